The summed E-state index contributed by atoms with van der Waals surface area (Å²) in [5.74, 6) is -4.46. The minimum Gasteiger partial charge on any atom is -0.468 e. The highest BCUT2D eigenvalue weighted by atomic mass is 19.4. The molecule has 120 valence electrons. The Morgan fingerprint density at radius 3 is 2.14 bits per heavy atom. The first-order valence-corrected chi connectivity index (χ1v) is 5.50. The van der Waals surface area contributed by atoms with E-state index in [0.29, 0.717) is 0 Å². The Morgan fingerprint density at radius 1 is 1.27 bits per heavy atom. The van der Waals surface area contributed by atoms with Crippen molar-refractivity contribution in [1.82, 2.24) is 4.98 Å². The van der Waals surface area contributed by atoms with E-state index in [9.17, 15) is 32.9 Å². The minimum atomic E-state index is -4.87. The molecule has 11 heteroatoms. The van der Waals surface area contributed by atoms with Gasteiger partial charge in [-0.2, -0.15) is 13.2 Å². The van der Waals surface area contributed by atoms with Crippen LogP contribution in [0.1, 0.15) is 17.2 Å². The highest BCUT2D eigenvalue weighted by molar-refractivity contribution is 6.01. The van der Waals surface area contributed by atoms with Crippen LogP contribution in [0.15, 0.2) is 12.3 Å². The van der Waals surface area contributed by atoms with Crippen molar-refractivity contribution in [2.75, 3.05) is 14.2 Å². The second kappa shape index (κ2) is 6.37. The van der Waals surface area contributed by atoms with E-state index >= 15 is 0 Å². The molecule has 0 aromatic carbocycles. The summed E-state index contributed by atoms with van der Waals surface area (Å²) >= 11 is 0. The van der Waals surface area contributed by atoms with Gasteiger partial charge in [0.25, 0.3) is 5.69 Å². The summed E-state index contributed by atoms with van der Waals surface area (Å²) in [7, 11) is 1.79. The molecule has 0 unspecified atom stereocenters. The van der Waals surface area contributed by atoms with Crippen molar-refractivity contribution < 1.29 is 37.2 Å². The van der Waals surface area contributed by atoms with Crippen LogP contribution in [-0.2, 0) is 25.2 Å². The van der Waals surface area contributed by atoms with Crippen LogP contribution in [0.5, 0.6) is 0 Å². The van der Waals surface area contributed by atoms with Crippen molar-refractivity contribution in [3.63, 3.8) is 0 Å². The molecular weight excluding hydrogens is 313 g/mol. The number of rotatable bonds is 4. The molecule has 0 saturated carbocycles. The molecule has 1 aromatic rings. The average molecular weight is 322 g/mol. The number of esters is 2. The second-order valence-corrected chi connectivity index (χ2v) is 3.86. The van der Waals surface area contributed by atoms with E-state index in [0.717, 1.165) is 14.2 Å². The fourth-order valence-corrected chi connectivity index (χ4v) is 1.54. The van der Waals surface area contributed by atoms with Crippen molar-refractivity contribution in [3.8, 4) is 0 Å². The standard InChI is InChI=1S/C11H9F3N2O6/c1-21-9(17)7(10(18)22-2)8-6(16(19)20)3-5(4-15-8)11(12,13)14/h3-4,7H,1-2H3. The maximum Gasteiger partial charge on any atom is 0.418 e. The molecule has 0 radical (unpaired) electrons. The first-order chi connectivity index (χ1) is 10.1. The van der Waals surface area contributed by atoms with Gasteiger partial charge in [0.05, 0.1) is 24.7 Å². The van der Waals surface area contributed by atoms with Crippen LogP contribution in [0.3, 0.4) is 0 Å². The quantitative estimate of drug-likeness (QED) is 0.357. The van der Waals surface area contributed by atoms with E-state index in [1.807, 2.05) is 0 Å². The van der Waals surface area contributed by atoms with E-state index < -0.39 is 45.9 Å². The normalized spacial score (nSPS) is 11.2. The summed E-state index contributed by atoms with van der Waals surface area (Å²) in [5, 5.41) is 10.9. The van der Waals surface area contributed by atoms with Crippen LogP contribution in [-0.4, -0.2) is 36.1 Å². The number of carbonyl (C=O) groups is 2. The smallest absolute Gasteiger partial charge is 0.418 e. The Labute approximate surface area is 121 Å². The van der Waals surface area contributed by atoms with Gasteiger partial charge in [-0.15, -0.1) is 0 Å². The van der Waals surface area contributed by atoms with Gasteiger partial charge in [-0.3, -0.25) is 24.7 Å². The van der Waals surface area contributed by atoms with Gasteiger partial charge in [0, 0.05) is 12.3 Å². The van der Waals surface area contributed by atoms with Crippen molar-refractivity contribution in [2.24, 2.45) is 0 Å². The van der Waals surface area contributed by atoms with Crippen molar-refractivity contribution >= 4 is 17.6 Å². The van der Waals surface area contributed by atoms with Gasteiger partial charge in [-0.05, 0) is 0 Å². The summed E-state index contributed by atoms with van der Waals surface area (Å²) in [6.07, 6.45) is -4.59. The van der Waals surface area contributed by atoms with E-state index in [-0.39, 0.29) is 12.3 Å². The Balaban J connectivity index is 3.53. The number of nitrogens with zero attached hydrogens (tertiary/aromatic N) is 2. The van der Waals surface area contributed by atoms with Gasteiger partial charge in [0.2, 0.25) is 5.92 Å². The van der Waals surface area contributed by atoms with Crippen LogP contribution in [0.4, 0.5) is 18.9 Å². The van der Waals surface area contributed by atoms with Crippen molar-refractivity contribution in [3.05, 3.63) is 33.6 Å². The molecule has 0 aliphatic heterocycles. The largest absolute Gasteiger partial charge is 0.468 e. The molecule has 0 saturated heterocycles. The van der Waals surface area contributed by atoms with Crippen LogP contribution in [0, 0.1) is 10.1 Å². The molecule has 1 heterocycles. The van der Waals surface area contributed by atoms with Crippen LogP contribution in [0.25, 0.3) is 0 Å². The second-order valence-electron chi connectivity index (χ2n) is 3.86. The zero-order valence-electron chi connectivity index (χ0n) is 11.2. The topological polar surface area (TPSA) is 109 Å². The monoisotopic (exact) mass is 322 g/mol. The third kappa shape index (κ3) is 3.48. The van der Waals surface area contributed by atoms with Gasteiger partial charge >= 0.3 is 18.1 Å². The van der Waals surface area contributed by atoms with E-state index in [1.165, 1.54) is 0 Å². The van der Waals surface area contributed by atoms with Gasteiger partial charge in [0.15, 0.2) is 0 Å². The summed E-state index contributed by atoms with van der Waals surface area (Å²) in [6.45, 7) is 0. The third-order valence-electron chi connectivity index (χ3n) is 2.57. The fourth-order valence-electron chi connectivity index (χ4n) is 1.54. The van der Waals surface area contributed by atoms with Crippen LogP contribution < -0.4 is 0 Å². The predicted octanol–water partition coefficient (Wildman–Crippen LogP) is 1.44. The van der Waals surface area contributed by atoms with Crippen molar-refractivity contribution in [2.45, 2.75) is 12.1 Å². The van der Waals surface area contributed by atoms with Gasteiger partial charge in [0.1, 0.15) is 5.69 Å². The average Bonchev–Trinajstić information content (AvgIpc) is 2.45. The molecule has 22 heavy (non-hydrogen) atoms. The van der Waals surface area contributed by atoms with E-state index in [2.05, 4.69) is 14.5 Å². The summed E-state index contributed by atoms with van der Waals surface area (Å²) in [6, 6.07) is 0.182. The lowest BCUT2D eigenvalue weighted by Gasteiger charge is -2.13. The molecule has 0 spiro atoms. The van der Waals surface area contributed by atoms with Gasteiger partial charge < -0.3 is 9.47 Å². The van der Waals surface area contributed by atoms with Crippen molar-refractivity contribution in [1.29, 1.82) is 0 Å². The molecule has 0 amide bonds. The number of alkyl halides is 3. The Kier molecular flexibility index (Phi) is 5.02. The number of hydrogen-bond acceptors (Lipinski definition) is 7. The Morgan fingerprint density at radius 2 is 1.77 bits per heavy atom. The SMILES string of the molecule is COC(=O)C(C(=O)OC)c1ncc(C(F)(F)F)cc1[N+](=O)[O-]. The zero-order valence-corrected chi connectivity index (χ0v) is 11.2. The lowest BCUT2D eigenvalue weighted by Crippen LogP contribution is -2.26. The zero-order chi connectivity index (χ0) is 17.1. The number of pyridine rings is 1. The predicted molar refractivity (Wildman–Crippen MR) is 62.7 cm³/mol. The molecule has 0 aliphatic carbocycles. The first kappa shape index (κ1) is 17.3. The highest BCUT2D eigenvalue weighted by Crippen LogP contribution is 2.34. The highest BCUT2D eigenvalue weighted by Gasteiger charge is 2.40. The molecule has 0 bridgehead atoms. The molecule has 0 aliphatic rings. The third-order valence-corrected chi connectivity index (χ3v) is 2.57. The van der Waals surface area contributed by atoms with Gasteiger partial charge in [-0.25, -0.2) is 0 Å². The van der Waals surface area contributed by atoms with E-state index in [4.69, 9.17) is 0 Å². The number of nitro groups is 1. The number of carbonyl (C=O) groups excluding carboxylic acids is 2. The summed E-state index contributed by atoms with van der Waals surface area (Å²) < 4.78 is 46.3. The lowest BCUT2D eigenvalue weighted by molar-refractivity contribution is -0.386. The number of halogens is 3. The maximum atomic E-state index is 12.6. The van der Waals surface area contributed by atoms with Crippen LogP contribution in [0.2, 0.25) is 0 Å². The number of ether oxygens (including phenoxy) is 2. The molecule has 0 fully saturated rings. The Bertz CT molecular complexity index is 600. The molecule has 0 atom stereocenters. The molecule has 0 N–H and O–H groups in total. The first-order valence-electron chi connectivity index (χ1n) is 5.50. The van der Waals surface area contributed by atoms with Gasteiger partial charge in [-0.1, -0.05) is 0 Å². The fraction of sp³-hybridized carbons (Fsp3) is 0.364. The Hall–Kier alpha value is -2.72. The summed E-state index contributed by atoms with van der Waals surface area (Å²) in [5.41, 5.74) is -3.33. The molecular formula is C11H9F3N2O6. The number of hydrogen-bond donors (Lipinski definition) is 0. The summed E-state index contributed by atoms with van der Waals surface area (Å²) in [4.78, 5) is 36.1. The van der Waals surface area contributed by atoms with Crippen LogP contribution >= 0.6 is 0 Å². The number of aromatic nitrogens is 1. The maximum absolute atomic E-state index is 12.6. The van der Waals surface area contributed by atoms with E-state index in [1.54, 1.807) is 0 Å². The number of methoxy groups -OCH3 is 2. The molecule has 8 nitrogen and oxygen atoms in total. The minimum absolute atomic E-state index is 0.182. The lowest BCUT2D eigenvalue weighted by atomic mass is 10.0. The molecule has 1 aromatic heterocycles. The molecule has 1 rings (SSSR count).